The molecule has 2 heterocycles. The summed E-state index contributed by atoms with van der Waals surface area (Å²) in [6.45, 7) is 0.119. The number of carbonyl (C=O) groups is 1. The quantitative estimate of drug-likeness (QED) is 0.836. The number of nitrogens with zero attached hydrogens (tertiary/aromatic N) is 2. The number of aromatic nitrogens is 2. The van der Waals surface area contributed by atoms with Gasteiger partial charge in [-0.15, -0.1) is 0 Å². The molecule has 0 aliphatic rings. The van der Waals surface area contributed by atoms with E-state index in [0.29, 0.717) is 5.69 Å². The molecule has 2 aromatic heterocycles. The van der Waals surface area contributed by atoms with Crippen LogP contribution in [0, 0.1) is 0 Å². The first-order valence-electron chi connectivity index (χ1n) is 4.48. The molecule has 2 rings (SSSR count). The van der Waals surface area contributed by atoms with Crippen molar-refractivity contribution in [2.24, 2.45) is 0 Å². The Morgan fingerprint density at radius 3 is 3.06 bits per heavy atom. The minimum Gasteiger partial charge on any atom is -0.477 e. The van der Waals surface area contributed by atoms with Gasteiger partial charge in [0.1, 0.15) is 24.1 Å². The third-order valence-corrected chi connectivity index (χ3v) is 1.85. The highest BCUT2D eigenvalue weighted by Gasteiger charge is 2.12. The first-order valence-corrected chi connectivity index (χ1v) is 4.48. The molecule has 16 heavy (non-hydrogen) atoms. The topological polar surface area (TPSA) is 85.5 Å². The average molecular weight is 220 g/mol. The van der Waals surface area contributed by atoms with E-state index in [4.69, 9.17) is 9.84 Å². The largest absolute Gasteiger partial charge is 0.477 e. The summed E-state index contributed by atoms with van der Waals surface area (Å²) in [5.41, 5.74) is 0.591. The fraction of sp³-hybridized carbons (Fsp3) is 0.100. The molecule has 0 atom stereocenters. The fourth-order valence-corrected chi connectivity index (χ4v) is 1.12. The maximum atomic E-state index is 10.8. The lowest BCUT2D eigenvalue weighted by Crippen LogP contribution is -2.05. The number of pyridine rings is 1. The van der Waals surface area contributed by atoms with Crippen LogP contribution in [-0.2, 0) is 6.61 Å². The van der Waals surface area contributed by atoms with Crippen LogP contribution in [0.3, 0.4) is 0 Å². The molecule has 0 aromatic carbocycles. The van der Waals surface area contributed by atoms with E-state index in [2.05, 4.69) is 14.7 Å². The minimum absolute atomic E-state index is 0.0194. The van der Waals surface area contributed by atoms with Gasteiger partial charge >= 0.3 is 5.97 Å². The molecule has 0 amide bonds. The van der Waals surface area contributed by atoms with Crippen LogP contribution < -0.4 is 4.74 Å². The summed E-state index contributed by atoms with van der Waals surface area (Å²) in [6.07, 6.45) is 2.87. The Hall–Kier alpha value is -2.37. The van der Waals surface area contributed by atoms with E-state index >= 15 is 0 Å². The van der Waals surface area contributed by atoms with E-state index in [9.17, 15) is 4.79 Å². The second kappa shape index (κ2) is 4.43. The second-order valence-electron chi connectivity index (χ2n) is 2.94. The zero-order valence-corrected chi connectivity index (χ0v) is 8.16. The summed E-state index contributed by atoms with van der Waals surface area (Å²) in [4.78, 5) is 14.7. The summed E-state index contributed by atoms with van der Waals surface area (Å²) in [6, 6.07) is 4.59. The molecule has 0 aliphatic carbocycles. The number of ether oxygens (including phenoxy) is 1. The maximum absolute atomic E-state index is 10.8. The van der Waals surface area contributed by atoms with Crippen molar-refractivity contribution >= 4 is 5.97 Å². The SMILES string of the molecule is O=C(O)c1cccnc1OCc1ccon1. The predicted octanol–water partition coefficient (Wildman–Crippen LogP) is 1.35. The molecule has 0 saturated heterocycles. The standard InChI is InChI=1S/C10H8N2O4/c13-10(14)8-2-1-4-11-9(8)15-6-7-3-5-16-12-7/h1-5H,6H2,(H,13,14). The molecular formula is C10H8N2O4. The van der Waals surface area contributed by atoms with E-state index < -0.39 is 5.97 Å². The van der Waals surface area contributed by atoms with Gasteiger partial charge in [-0.2, -0.15) is 0 Å². The number of hydrogen-bond acceptors (Lipinski definition) is 5. The zero-order chi connectivity index (χ0) is 11.4. The molecule has 1 N–H and O–H groups in total. The highest BCUT2D eigenvalue weighted by molar-refractivity contribution is 5.90. The second-order valence-corrected chi connectivity index (χ2v) is 2.94. The van der Waals surface area contributed by atoms with Crippen LogP contribution in [0.15, 0.2) is 35.2 Å². The van der Waals surface area contributed by atoms with Gasteiger partial charge in [0.2, 0.25) is 5.88 Å². The van der Waals surface area contributed by atoms with Crippen molar-refractivity contribution in [1.82, 2.24) is 10.1 Å². The van der Waals surface area contributed by atoms with Crippen LogP contribution in [-0.4, -0.2) is 21.2 Å². The monoisotopic (exact) mass is 220 g/mol. The molecule has 0 aliphatic heterocycles. The van der Waals surface area contributed by atoms with Crippen molar-refractivity contribution in [3.63, 3.8) is 0 Å². The lowest BCUT2D eigenvalue weighted by molar-refractivity contribution is 0.0690. The van der Waals surface area contributed by atoms with Crippen LogP contribution in [0.1, 0.15) is 16.1 Å². The van der Waals surface area contributed by atoms with E-state index in [1.54, 1.807) is 6.07 Å². The molecule has 0 unspecified atom stereocenters. The summed E-state index contributed by atoms with van der Waals surface area (Å²) >= 11 is 0. The molecule has 0 saturated carbocycles. The molecule has 0 fully saturated rings. The van der Waals surface area contributed by atoms with Gasteiger partial charge in [-0.05, 0) is 12.1 Å². The van der Waals surface area contributed by atoms with Gasteiger partial charge in [-0.1, -0.05) is 5.16 Å². The normalized spacial score (nSPS) is 10.0. The van der Waals surface area contributed by atoms with Gasteiger partial charge in [0.05, 0.1) is 0 Å². The zero-order valence-electron chi connectivity index (χ0n) is 8.16. The number of hydrogen-bond donors (Lipinski definition) is 1. The molecule has 0 spiro atoms. The molecule has 0 radical (unpaired) electrons. The molecule has 0 bridgehead atoms. The number of rotatable bonds is 4. The van der Waals surface area contributed by atoms with Crippen molar-refractivity contribution in [2.45, 2.75) is 6.61 Å². The third-order valence-electron chi connectivity index (χ3n) is 1.85. The van der Waals surface area contributed by atoms with Crippen LogP contribution in [0.4, 0.5) is 0 Å². The van der Waals surface area contributed by atoms with Crippen LogP contribution in [0.2, 0.25) is 0 Å². The maximum Gasteiger partial charge on any atom is 0.341 e. The van der Waals surface area contributed by atoms with Crippen LogP contribution in [0.5, 0.6) is 5.88 Å². The fourth-order valence-electron chi connectivity index (χ4n) is 1.12. The van der Waals surface area contributed by atoms with E-state index in [-0.39, 0.29) is 18.1 Å². The van der Waals surface area contributed by atoms with Crippen molar-refractivity contribution in [1.29, 1.82) is 0 Å². The van der Waals surface area contributed by atoms with Gasteiger partial charge in [-0.3, -0.25) is 0 Å². The molecule has 2 aromatic rings. The van der Waals surface area contributed by atoms with Gasteiger partial charge in [0.25, 0.3) is 0 Å². The summed E-state index contributed by atoms with van der Waals surface area (Å²) in [5.74, 6) is -1.01. The van der Waals surface area contributed by atoms with Gasteiger partial charge < -0.3 is 14.4 Å². The van der Waals surface area contributed by atoms with E-state index in [0.717, 1.165) is 0 Å². The molecule has 6 nitrogen and oxygen atoms in total. The van der Waals surface area contributed by atoms with Crippen molar-refractivity contribution in [3.05, 3.63) is 41.9 Å². The Bertz CT molecular complexity index is 481. The lowest BCUT2D eigenvalue weighted by atomic mass is 10.3. The minimum atomic E-state index is -1.08. The van der Waals surface area contributed by atoms with Crippen LogP contribution >= 0.6 is 0 Å². The van der Waals surface area contributed by atoms with E-state index in [1.165, 1.54) is 24.6 Å². The van der Waals surface area contributed by atoms with Crippen molar-refractivity contribution < 1.29 is 19.2 Å². The number of carboxylic acids is 1. The average Bonchev–Trinajstić information content (AvgIpc) is 2.79. The Morgan fingerprint density at radius 2 is 2.38 bits per heavy atom. The first kappa shape index (κ1) is 10.2. The van der Waals surface area contributed by atoms with Crippen molar-refractivity contribution in [3.8, 4) is 5.88 Å². The smallest absolute Gasteiger partial charge is 0.341 e. The van der Waals surface area contributed by atoms with E-state index in [1.807, 2.05) is 0 Å². The highest BCUT2D eigenvalue weighted by Crippen LogP contribution is 2.15. The number of carboxylic acid groups (broad SMARTS) is 1. The number of aromatic carboxylic acids is 1. The summed E-state index contributed by atoms with van der Waals surface area (Å²) in [7, 11) is 0. The van der Waals surface area contributed by atoms with Gasteiger partial charge in [0, 0.05) is 12.3 Å². The Balaban J connectivity index is 2.12. The predicted molar refractivity (Wildman–Crippen MR) is 52.0 cm³/mol. The van der Waals surface area contributed by atoms with Gasteiger partial charge in [-0.25, -0.2) is 9.78 Å². The lowest BCUT2D eigenvalue weighted by Gasteiger charge is -2.05. The Kier molecular flexibility index (Phi) is 2.81. The van der Waals surface area contributed by atoms with Crippen molar-refractivity contribution in [2.75, 3.05) is 0 Å². The molecule has 6 heteroatoms. The Labute approximate surface area is 90.5 Å². The van der Waals surface area contributed by atoms with Crippen LogP contribution in [0.25, 0.3) is 0 Å². The van der Waals surface area contributed by atoms with Gasteiger partial charge in [0.15, 0.2) is 0 Å². The third kappa shape index (κ3) is 2.17. The molecular weight excluding hydrogens is 212 g/mol. The Morgan fingerprint density at radius 1 is 1.50 bits per heavy atom. The highest BCUT2D eigenvalue weighted by atomic mass is 16.5. The molecule has 82 valence electrons. The summed E-state index contributed by atoms with van der Waals surface area (Å²) in [5, 5.41) is 12.5. The summed E-state index contributed by atoms with van der Waals surface area (Å²) < 4.78 is 9.84. The first-order chi connectivity index (χ1) is 7.77.